The lowest BCUT2D eigenvalue weighted by molar-refractivity contribution is -0.132. The van der Waals surface area contributed by atoms with E-state index in [1.54, 1.807) is 0 Å². The van der Waals surface area contributed by atoms with Crippen molar-refractivity contribution in [1.82, 2.24) is 9.80 Å². The molecule has 0 fully saturated rings. The Morgan fingerprint density at radius 2 is 1.50 bits per heavy atom. The summed E-state index contributed by atoms with van der Waals surface area (Å²) in [7, 11) is 0. The summed E-state index contributed by atoms with van der Waals surface area (Å²) in [5, 5.41) is 0. The molecule has 0 aromatic carbocycles. The van der Waals surface area contributed by atoms with Gasteiger partial charge in [0.05, 0.1) is 0 Å². The van der Waals surface area contributed by atoms with Gasteiger partial charge in [0.2, 0.25) is 5.91 Å². The SMILES string of the molecule is CCN(CC)CCCN(CC)C(=O)CCC(C)=O. The molecule has 0 aromatic rings. The third-order valence-corrected chi connectivity index (χ3v) is 3.22. The zero-order chi connectivity index (χ0) is 14.0. The topological polar surface area (TPSA) is 40.6 Å². The molecule has 0 saturated heterocycles. The summed E-state index contributed by atoms with van der Waals surface area (Å²) in [4.78, 5) is 26.9. The first-order valence-corrected chi connectivity index (χ1v) is 7.04. The van der Waals surface area contributed by atoms with E-state index in [0.29, 0.717) is 12.8 Å². The molecule has 0 aliphatic carbocycles. The van der Waals surface area contributed by atoms with E-state index in [0.717, 1.165) is 39.1 Å². The number of Topliss-reactive ketones (excluding diaryl/α,β-unsaturated/α-hetero) is 1. The lowest BCUT2D eigenvalue weighted by atomic mass is 10.2. The third kappa shape index (κ3) is 7.43. The largest absolute Gasteiger partial charge is 0.343 e. The van der Waals surface area contributed by atoms with Crippen LogP contribution in [0.15, 0.2) is 0 Å². The summed E-state index contributed by atoms with van der Waals surface area (Å²) in [6.45, 7) is 12.5. The Bertz CT molecular complexity index is 250. The Morgan fingerprint density at radius 1 is 0.889 bits per heavy atom. The van der Waals surface area contributed by atoms with Crippen LogP contribution in [0.25, 0.3) is 0 Å². The van der Waals surface area contributed by atoms with E-state index in [9.17, 15) is 9.59 Å². The second kappa shape index (κ2) is 10.1. The molecule has 0 saturated carbocycles. The number of hydrogen-bond donors (Lipinski definition) is 0. The second-order valence-electron chi connectivity index (χ2n) is 4.56. The van der Waals surface area contributed by atoms with Gasteiger partial charge >= 0.3 is 0 Å². The summed E-state index contributed by atoms with van der Waals surface area (Å²) in [6.07, 6.45) is 1.72. The molecule has 0 aromatic heterocycles. The van der Waals surface area contributed by atoms with Gasteiger partial charge in [-0.25, -0.2) is 0 Å². The van der Waals surface area contributed by atoms with Crippen LogP contribution in [0.3, 0.4) is 0 Å². The van der Waals surface area contributed by atoms with Crippen LogP contribution in [0.5, 0.6) is 0 Å². The van der Waals surface area contributed by atoms with Gasteiger partial charge in [0.15, 0.2) is 0 Å². The third-order valence-electron chi connectivity index (χ3n) is 3.22. The molecule has 1 amide bonds. The molecular weight excluding hydrogens is 228 g/mol. The van der Waals surface area contributed by atoms with Crippen molar-refractivity contribution < 1.29 is 9.59 Å². The molecule has 0 aliphatic heterocycles. The second-order valence-corrected chi connectivity index (χ2v) is 4.56. The minimum atomic E-state index is 0.0857. The fourth-order valence-corrected chi connectivity index (χ4v) is 1.93. The van der Waals surface area contributed by atoms with Crippen LogP contribution in [0, 0.1) is 0 Å². The molecule has 4 heteroatoms. The summed E-state index contributed by atoms with van der Waals surface area (Å²) in [5.41, 5.74) is 0. The van der Waals surface area contributed by atoms with Gasteiger partial charge in [-0.05, 0) is 39.9 Å². The van der Waals surface area contributed by atoms with Gasteiger partial charge in [-0.15, -0.1) is 0 Å². The molecule has 106 valence electrons. The number of amides is 1. The van der Waals surface area contributed by atoms with Crippen LogP contribution in [-0.2, 0) is 9.59 Å². The number of ketones is 1. The Kier molecular flexibility index (Phi) is 9.56. The Morgan fingerprint density at radius 3 is 1.94 bits per heavy atom. The minimum absolute atomic E-state index is 0.0857. The Balaban J connectivity index is 3.95. The first-order chi connectivity index (χ1) is 8.54. The molecule has 0 heterocycles. The van der Waals surface area contributed by atoms with E-state index in [1.807, 2.05) is 11.8 Å². The van der Waals surface area contributed by atoms with Crippen molar-refractivity contribution in [2.45, 2.75) is 47.0 Å². The van der Waals surface area contributed by atoms with Gasteiger partial charge < -0.3 is 14.6 Å². The van der Waals surface area contributed by atoms with Crippen molar-refractivity contribution in [3.63, 3.8) is 0 Å². The maximum atomic E-state index is 11.9. The van der Waals surface area contributed by atoms with Gasteiger partial charge in [-0.3, -0.25) is 4.79 Å². The highest BCUT2D eigenvalue weighted by molar-refractivity contribution is 5.83. The van der Waals surface area contributed by atoms with Crippen LogP contribution in [0.4, 0.5) is 0 Å². The molecule has 0 atom stereocenters. The molecular formula is C14H28N2O2. The van der Waals surface area contributed by atoms with E-state index in [1.165, 1.54) is 6.92 Å². The number of carbonyl (C=O) groups is 2. The molecule has 0 rings (SSSR count). The van der Waals surface area contributed by atoms with Crippen molar-refractivity contribution in [2.75, 3.05) is 32.7 Å². The average molecular weight is 256 g/mol. The number of rotatable bonds is 10. The van der Waals surface area contributed by atoms with Crippen molar-refractivity contribution >= 4 is 11.7 Å². The highest BCUT2D eigenvalue weighted by atomic mass is 16.2. The lowest BCUT2D eigenvalue weighted by Gasteiger charge is -2.23. The van der Waals surface area contributed by atoms with Crippen molar-refractivity contribution in [2.24, 2.45) is 0 Å². The monoisotopic (exact) mass is 256 g/mol. The average Bonchev–Trinajstić information content (AvgIpc) is 2.36. The quantitative estimate of drug-likeness (QED) is 0.600. The molecule has 0 N–H and O–H groups in total. The summed E-state index contributed by atoms with van der Waals surface area (Å²) < 4.78 is 0. The molecule has 0 aliphatic rings. The van der Waals surface area contributed by atoms with E-state index in [2.05, 4.69) is 18.7 Å². The van der Waals surface area contributed by atoms with E-state index in [4.69, 9.17) is 0 Å². The van der Waals surface area contributed by atoms with Crippen molar-refractivity contribution in [3.05, 3.63) is 0 Å². The zero-order valence-electron chi connectivity index (χ0n) is 12.4. The molecule has 0 unspecified atom stereocenters. The highest BCUT2D eigenvalue weighted by Gasteiger charge is 2.12. The highest BCUT2D eigenvalue weighted by Crippen LogP contribution is 2.01. The smallest absolute Gasteiger partial charge is 0.222 e. The van der Waals surface area contributed by atoms with Crippen LogP contribution in [-0.4, -0.2) is 54.2 Å². The molecule has 4 nitrogen and oxygen atoms in total. The molecule has 0 radical (unpaired) electrons. The first-order valence-electron chi connectivity index (χ1n) is 7.04. The van der Waals surface area contributed by atoms with Crippen LogP contribution < -0.4 is 0 Å². The summed E-state index contributed by atoms with van der Waals surface area (Å²) in [5.74, 6) is 0.190. The molecule has 0 bridgehead atoms. The maximum Gasteiger partial charge on any atom is 0.222 e. The fraction of sp³-hybridized carbons (Fsp3) is 0.857. The number of carbonyl (C=O) groups excluding carboxylic acids is 2. The Hall–Kier alpha value is -0.900. The van der Waals surface area contributed by atoms with E-state index in [-0.39, 0.29) is 11.7 Å². The van der Waals surface area contributed by atoms with Crippen molar-refractivity contribution in [1.29, 1.82) is 0 Å². The lowest BCUT2D eigenvalue weighted by Crippen LogP contribution is -2.34. The fourth-order valence-electron chi connectivity index (χ4n) is 1.93. The summed E-state index contributed by atoms with van der Waals surface area (Å²) in [6, 6.07) is 0. The van der Waals surface area contributed by atoms with Gasteiger partial charge in [0.1, 0.15) is 5.78 Å². The van der Waals surface area contributed by atoms with Crippen LogP contribution in [0.2, 0.25) is 0 Å². The van der Waals surface area contributed by atoms with Gasteiger partial charge in [0, 0.05) is 25.9 Å². The zero-order valence-corrected chi connectivity index (χ0v) is 12.4. The predicted molar refractivity (Wildman–Crippen MR) is 74.6 cm³/mol. The van der Waals surface area contributed by atoms with E-state index < -0.39 is 0 Å². The van der Waals surface area contributed by atoms with Gasteiger partial charge in [0.25, 0.3) is 0 Å². The van der Waals surface area contributed by atoms with Crippen LogP contribution >= 0.6 is 0 Å². The van der Waals surface area contributed by atoms with E-state index >= 15 is 0 Å². The predicted octanol–water partition coefficient (Wildman–Crippen LogP) is 1.94. The normalized spacial score (nSPS) is 10.7. The van der Waals surface area contributed by atoms with Crippen molar-refractivity contribution in [3.8, 4) is 0 Å². The Labute approximate surface area is 111 Å². The minimum Gasteiger partial charge on any atom is -0.343 e. The standard InChI is InChI=1S/C14H28N2O2/c1-5-15(6-2)11-8-12-16(7-3)14(18)10-9-13(4)17/h5-12H2,1-4H3. The number of nitrogens with zero attached hydrogens (tertiary/aromatic N) is 2. The van der Waals surface area contributed by atoms with Gasteiger partial charge in [-0.2, -0.15) is 0 Å². The number of hydrogen-bond acceptors (Lipinski definition) is 3. The first kappa shape index (κ1) is 17.1. The van der Waals surface area contributed by atoms with Crippen LogP contribution in [0.1, 0.15) is 47.0 Å². The molecule has 18 heavy (non-hydrogen) atoms. The van der Waals surface area contributed by atoms with Gasteiger partial charge in [-0.1, -0.05) is 13.8 Å². The molecule has 0 spiro atoms. The summed E-state index contributed by atoms with van der Waals surface area (Å²) >= 11 is 0. The maximum absolute atomic E-state index is 11.9.